The van der Waals surface area contributed by atoms with Crippen molar-refractivity contribution in [2.45, 2.75) is 11.3 Å². The number of alkyl halides is 2. The van der Waals surface area contributed by atoms with E-state index in [9.17, 15) is 17.2 Å². The third kappa shape index (κ3) is 2.47. The van der Waals surface area contributed by atoms with Crippen LogP contribution in [0.15, 0.2) is 11.1 Å². The molecule has 0 spiro atoms. The van der Waals surface area contributed by atoms with E-state index in [1.54, 1.807) is 0 Å². The lowest BCUT2D eigenvalue weighted by atomic mass is 10.3. The number of anilines is 1. The van der Waals surface area contributed by atoms with Crippen LogP contribution in [0.25, 0.3) is 0 Å². The van der Waals surface area contributed by atoms with Crippen molar-refractivity contribution in [2.75, 3.05) is 5.73 Å². The van der Waals surface area contributed by atoms with Gasteiger partial charge in [0.2, 0.25) is 0 Å². The molecule has 0 aromatic carbocycles. The minimum absolute atomic E-state index is 0.514. The van der Waals surface area contributed by atoms with Crippen LogP contribution in [0, 0.1) is 0 Å². The Morgan fingerprint density at radius 1 is 1.47 bits per heavy atom. The third-order valence-corrected chi connectivity index (χ3v) is 3.39. The summed E-state index contributed by atoms with van der Waals surface area (Å²) in [5, 5.41) is -0.701. The summed E-state index contributed by atoms with van der Waals surface area (Å²) in [7, 11) is 0.668. The van der Waals surface area contributed by atoms with E-state index in [1.807, 2.05) is 0 Å². The van der Waals surface area contributed by atoms with E-state index in [0.29, 0.717) is 6.20 Å². The average molecular weight is 277 g/mol. The molecular formula is C6H4Cl2F2N2O2S. The first-order valence-electron chi connectivity index (χ1n) is 3.42. The quantitative estimate of drug-likeness (QED) is 0.841. The van der Waals surface area contributed by atoms with E-state index in [2.05, 4.69) is 4.98 Å². The van der Waals surface area contributed by atoms with Crippen LogP contribution in [0.5, 0.6) is 0 Å². The molecule has 9 heteroatoms. The molecule has 0 aliphatic carbocycles. The number of hydrogen-bond acceptors (Lipinski definition) is 4. The van der Waals surface area contributed by atoms with Gasteiger partial charge in [0.15, 0.2) is 0 Å². The van der Waals surface area contributed by atoms with Gasteiger partial charge in [-0.2, -0.15) is 0 Å². The molecule has 1 aromatic rings. The SMILES string of the molecule is Nc1ncc(C(F)F)c(Cl)c1S(=O)(=O)Cl. The molecule has 1 heterocycles. The Morgan fingerprint density at radius 3 is 2.40 bits per heavy atom. The summed E-state index contributed by atoms with van der Waals surface area (Å²) in [4.78, 5) is 2.49. The van der Waals surface area contributed by atoms with Gasteiger partial charge >= 0.3 is 0 Å². The van der Waals surface area contributed by atoms with Gasteiger partial charge in [-0.05, 0) is 0 Å². The number of rotatable bonds is 2. The zero-order valence-corrected chi connectivity index (χ0v) is 9.24. The predicted molar refractivity (Wildman–Crippen MR) is 51.7 cm³/mol. The average Bonchev–Trinajstić information content (AvgIpc) is 2.00. The van der Waals surface area contributed by atoms with Gasteiger partial charge in [0.05, 0.1) is 10.6 Å². The van der Waals surface area contributed by atoms with Crippen molar-refractivity contribution in [3.63, 3.8) is 0 Å². The summed E-state index contributed by atoms with van der Waals surface area (Å²) in [5.41, 5.74) is 4.44. The van der Waals surface area contributed by atoms with Crippen LogP contribution >= 0.6 is 22.3 Å². The van der Waals surface area contributed by atoms with E-state index < -0.39 is 36.8 Å². The number of aromatic nitrogens is 1. The van der Waals surface area contributed by atoms with Gasteiger partial charge in [-0.1, -0.05) is 11.6 Å². The van der Waals surface area contributed by atoms with Gasteiger partial charge in [-0.15, -0.1) is 0 Å². The molecule has 0 saturated heterocycles. The molecule has 0 bridgehead atoms. The maximum Gasteiger partial charge on any atom is 0.266 e. The largest absolute Gasteiger partial charge is 0.383 e. The van der Waals surface area contributed by atoms with Gasteiger partial charge in [-0.25, -0.2) is 22.2 Å². The van der Waals surface area contributed by atoms with Gasteiger partial charge in [0.25, 0.3) is 15.5 Å². The van der Waals surface area contributed by atoms with Crippen LogP contribution in [-0.4, -0.2) is 13.4 Å². The van der Waals surface area contributed by atoms with Crippen molar-refractivity contribution in [3.8, 4) is 0 Å². The molecule has 15 heavy (non-hydrogen) atoms. The van der Waals surface area contributed by atoms with Crippen LogP contribution in [0.4, 0.5) is 14.6 Å². The lowest BCUT2D eigenvalue weighted by molar-refractivity contribution is 0.151. The molecule has 0 aliphatic rings. The topological polar surface area (TPSA) is 73.0 Å². The van der Waals surface area contributed by atoms with Gasteiger partial charge in [0, 0.05) is 16.9 Å². The lowest BCUT2D eigenvalue weighted by Crippen LogP contribution is -2.04. The number of pyridine rings is 1. The van der Waals surface area contributed by atoms with Gasteiger partial charge in [0.1, 0.15) is 10.7 Å². The zero-order valence-electron chi connectivity index (χ0n) is 6.92. The second kappa shape index (κ2) is 4.07. The number of nitrogens with zero attached hydrogens (tertiary/aromatic N) is 1. The van der Waals surface area contributed by atoms with Crippen molar-refractivity contribution >= 4 is 37.2 Å². The summed E-state index contributed by atoms with van der Waals surface area (Å²) in [6, 6.07) is 0. The Balaban J connectivity index is 3.59. The fraction of sp³-hybridized carbons (Fsp3) is 0.167. The Kier molecular flexibility index (Phi) is 3.37. The van der Waals surface area contributed by atoms with Crippen molar-refractivity contribution < 1.29 is 17.2 Å². The van der Waals surface area contributed by atoms with E-state index in [1.165, 1.54) is 0 Å². The Hall–Kier alpha value is -0.660. The van der Waals surface area contributed by atoms with Crippen LogP contribution in [0.2, 0.25) is 5.02 Å². The minimum atomic E-state index is -4.30. The maximum absolute atomic E-state index is 12.3. The standard InChI is InChI=1S/C6H4Cl2F2N2O2S/c7-3-2(5(9)10)1-12-6(11)4(3)15(8,13)14/h1,5H,(H2,11,12). The zero-order chi connectivity index (χ0) is 11.8. The van der Waals surface area contributed by atoms with Crippen molar-refractivity contribution in [1.82, 2.24) is 4.98 Å². The van der Waals surface area contributed by atoms with Crippen molar-refractivity contribution in [1.29, 1.82) is 0 Å². The van der Waals surface area contributed by atoms with Crippen LogP contribution < -0.4 is 5.73 Å². The van der Waals surface area contributed by atoms with E-state index in [4.69, 9.17) is 28.0 Å². The maximum atomic E-state index is 12.3. The van der Waals surface area contributed by atoms with Gasteiger partial charge < -0.3 is 5.73 Å². The van der Waals surface area contributed by atoms with Crippen molar-refractivity contribution in [2.24, 2.45) is 0 Å². The highest BCUT2D eigenvalue weighted by Gasteiger charge is 2.25. The molecule has 0 unspecified atom stereocenters. The summed E-state index contributed by atoms with van der Waals surface area (Å²) in [6.45, 7) is 0. The summed E-state index contributed by atoms with van der Waals surface area (Å²) >= 11 is 5.43. The van der Waals surface area contributed by atoms with E-state index >= 15 is 0 Å². The Labute approximate surface area is 93.4 Å². The lowest BCUT2D eigenvalue weighted by Gasteiger charge is -2.07. The predicted octanol–water partition coefficient (Wildman–Crippen LogP) is 2.18. The third-order valence-electron chi connectivity index (χ3n) is 1.51. The molecule has 0 atom stereocenters. The molecule has 0 amide bonds. The number of nitrogen functional groups attached to an aromatic ring is 1. The van der Waals surface area contributed by atoms with E-state index in [0.717, 1.165) is 0 Å². The highest BCUT2D eigenvalue weighted by molar-refractivity contribution is 8.14. The molecule has 0 aliphatic heterocycles. The summed E-state index contributed by atoms with van der Waals surface area (Å²) in [5.74, 6) is -0.514. The van der Waals surface area contributed by atoms with Crippen LogP contribution in [-0.2, 0) is 9.05 Å². The van der Waals surface area contributed by atoms with E-state index in [-0.39, 0.29) is 0 Å². The molecular weight excluding hydrogens is 273 g/mol. The fourth-order valence-electron chi connectivity index (χ4n) is 0.882. The first kappa shape index (κ1) is 12.4. The molecule has 0 radical (unpaired) electrons. The fourth-order valence-corrected chi connectivity index (χ4v) is 2.64. The molecule has 4 nitrogen and oxygen atoms in total. The second-order valence-electron chi connectivity index (χ2n) is 2.48. The first-order valence-corrected chi connectivity index (χ1v) is 6.10. The molecule has 1 rings (SSSR count). The van der Waals surface area contributed by atoms with Crippen LogP contribution in [0.3, 0.4) is 0 Å². The van der Waals surface area contributed by atoms with Crippen LogP contribution in [0.1, 0.15) is 12.0 Å². The minimum Gasteiger partial charge on any atom is -0.383 e. The molecule has 1 aromatic heterocycles. The van der Waals surface area contributed by atoms with Gasteiger partial charge in [-0.3, -0.25) is 0 Å². The smallest absolute Gasteiger partial charge is 0.266 e. The number of halogens is 4. The monoisotopic (exact) mass is 276 g/mol. The molecule has 0 saturated carbocycles. The first-order chi connectivity index (χ1) is 6.75. The van der Waals surface area contributed by atoms with Crippen molar-refractivity contribution in [3.05, 3.63) is 16.8 Å². The highest BCUT2D eigenvalue weighted by atomic mass is 35.7. The normalized spacial score (nSPS) is 12.1. The molecule has 84 valence electrons. The second-order valence-corrected chi connectivity index (χ2v) is 5.36. The highest BCUT2D eigenvalue weighted by Crippen LogP contribution is 2.35. The summed E-state index contributed by atoms with van der Waals surface area (Å²) in [6.07, 6.45) is -2.25. The summed E-state index contributed by atoms with van der Waals surface area (Å²) < 4.78 is 46.6. The molecule has 0 fully saturated rings. The Morgan fingerprint density at radius 2 is 2.00 bits per heavy atom. The number of nitrogens with two attached hydrogens (primary N) is 1. The molecule has 2 N–H and O–H groups in total. The number of hydrogen-bond donors (Lipinski definition) is 1. The Bertz CT molecular complexity index is 492.